The molecule has 5 rings (SSSR count). The van der Waals surface area contributed by atoms with E-state index in [0.29, 0.717) is 11.6 Å². The third-order valence-corrected chi connectivity index (χ3v) is 8.06. The van der Waals surface area contributed by atoms with E-state index in [1.807, 2.05) is 24.3 Å². The molecule has 3 aromatic rings. The van der Waals surface area contributed by atoms with Crippen molar-refractivity contribution in [2.24, 2.45) is 11.8 Å². The third kappa shape index (κ3) is 7.40. The molecular weight excluding hydrogens is 484 g/mol. The van der Waals surface area contributed by atoms with Crippen molar-refractivity contribution in [3.8, 4) is 11.5 Å². The van der Waals surface area contributed by atoms with E-state index in [1.165, 1.54) is 45.1 Å². The van der Waals surface area contributed by atoms with Crippen LogP contribution in [0, 0.1) is 11.8 Å². The fourth-order valence-electron chi connectivity index (χ4n) is 5.76. The number of hydrogen-bond acceptors (Lipinski definition) is 5. The van der Waals surface area contributed by atoms with Crippen molar-refractivity contribution in [1.29, 1.82) is 0 Å². The minimum absolute atomic E-state index is 0.412. The zero-order valence-electron chi connectivity index (χ0n) is 21.9. The molecule has 2 aliphatic heterocycles. The molecule has 6 nitrogen and oxygen atoms in total. The van der Waals surface area contributed by atoms with Gasteiger partial charge in [-0.05, 0) is 126 Å². The van der Waals surface area contributed by atoms with Crippen molar-refractivity contribution in [3.05, 3.63) is 53.3 Å². The maximum absolute atomic E-state index is 6.29. The number of para-hydroxylation sites is 1. The molecule has 2 saturated heterocycles. The number of hydrogen-bond donors (Lipinski definition) is 2. The van der Waals surface area contributed by atoms with Gasteiger partial charge in [-0.3, -0.25) is 0 Å². The molecule has 7 heteroatoms. The number of nitrogens with zero attached hydrogens (tertiary/aromatic N) is 2. The van der Waals surface area contributed by atoms with Crippen LogP contribution in [-0.4, -0.2) is 42.3 Å². The van der Waals surface area contributed by atoms with Crippen LogP contribution in [0.15, 0.2) is 42.5 Å². The van der Waals surface area contributed by atoms with Crippen molar-refractivity contribution in [3.63, 3.8) is 0 Å². The largest absolute Gasteiger partial charge is 0.491 e. The van der Waals surface area contributed by atoms with Crippen molar-refractivity contribution in [1.82, 2.24) is 20.2 Å². The molecule has 200 valence electrons. The van der Waals surface area contributed by atoms with E-state index in [0.717, 1.165) is 85.8 Å². The first kappa shape index (κ1) is 26.3. The summed E-state index contributed by atoms with van der Waals surface area (Å²) >= 11 is 6.05. The topological polar surface area (TPSA) is 60.3 Å². The van der Waals surface area contributed by atoms with Crippen molar-refractivity contribution >= 4 is 22.6 Å². The first-order valence-electron chi connectivity index (χ1n) is 14.2. The normalized spacial score (nSPS) is 20.2. The summed E-state index contributed by atoms with van der Waals surface area (Å²) in [6.45, 7) is 6.70. The van der Waals surface area contributed by atoms with E-state index >= 15 is 0 Å². The Morgan fingerprint density at radius 2 is 1.62 bits per heavy atom. The number of benzene rings is 2. The van der Waals surface area contributed by atoms with Crippen LogP contribution < -0.4 is 20.1 Å². The average molecular weight is 525 g/mol. The van der Waals surface area contributed by atoms with Gasteiger partial charge in [0.2, 0.25) is 0 Å². The molecule has 2 fully saturated rings. The van der Waals surface area contributed by atoms with Crippen molar-refractivity contribution in [2.75, 3.05) is 32.8 Å². The van der Waals surface area contributed by atoms with Crippen molar-refractivity contribution in [2.45, 2.75) is 64.5 Å². The zero-order chi connectivity index (χ0) is 25.3. The number of nitrogens with one attached hydrogen (secondary N) is 2. The number of aryl methyl sites for hydroxylation is 1. The highest BCUT2D eigenvalue weighted by Gasteiger charge is 2.18. The van der Waals surface area contributed by atoms with Gasteiger partial charge >= 0.3 is 0 Å². The van der Waals surface area contributed by atoms with Crippen LogP contribution in [0.5, 0.6) is 11.5 Å². The van der Waals surface area contributed by atoms with Gasteiger partial charge in [0.25, 0.3) is 0 Å². The minimum Gasteiger partial charge on any atom is -0.491 e. The van der Waals surface area contributed by atoms with E-state index < -0.39 is 0 Å². The SMILES string of the molecule is Clc1ccc(OCc2nc3c(OCCC[C@@H]4CCCNC4)cccc3n2CCCC2CCCNC2)cc1. The predicted molar refractivity (Wildman–Crippen MR) is 151 cm³/mol. The fourth-order valence-corrected chi connectivity index (χ4v) is 5.88. The summed E-state index contributed by atoms with van der Waals surface area (Å²) in [6, 6.07) is 13.8. The molecule has 0 aliphatic carbocycles. The number of piperidine rings is 2. The number of halogens is 1. The molecule has 37 heavy (non-hydrogen) atoms. The Balaban J connectivity index is 1.27. The standard InChI is InChI=1S/C30H41ClN4O2/c31-25-12-14-26(15-13-25)37-22-29-34-30-27(35(29)18-4-8-23-6-2-16-32-20-23)10-1-11-28(30)36-19-5-9-24-7-3-17-33-21-24/h1,10-15,23-24,32-33H,2-9,16-22H2/t23?,24-/m0/s1. The Kier molecular flexibility index (Phi) is 9.60. The smallest absolute Gasteiger partial charge is 0.148 e. The maximum Gasteiger partial charge on any atom is 0.148 e. The Hall–Kier alpha value is -2.28. The quantitative estimate of drug-likeness (QED) is 0.276. The number of ether oxygens (including phenoxy) is 2. The summed E-state index contributed by atoms with van der Waals surface area (Å²) in [6.07, 6.45) is 9.90. The molecule has 2 atom stereocenters. The van der Waals surface area contributed by atoms with Gasteiger partial charge < -0.3 is 24.7 Å². The Morgan fingerprint density at radius 3 is 2.32 bits per heavy atom. The highest BCUT2D eigenvalue weighted by molar-refractivity contribution is 6.30. The van der Waals surface area contributed by atoms with Gasteiger partial charge in [-0.15, -0.1) is 0 Å². The van der Waals surface area contributed by atoms with Gasteiger partial charge in [-0.25, -0.2) is 4.98 Å². The fraction of sp³-hybridized carbons (Fsp3) is 0.567. The van der Waals surface area contributed by atoms with Gasteiger partial charge in [0.1, 0.15) is 29.4 Å². The Bertz CT molecular complexity index is 1100. The van der Waals surface area contributed by atoms with Gasteiger partial charge in [0.15, 0.2) is 0 Å². The molecule has 2 aromatic carbocycles. The van der Waals surface area contributed by atoms with Crippen LogP contribution in [-0.2, 0) is 13.2 Å². The summed E-state index contributed by atoms with van der Waals surface area (Å²) in [5.74, 6) is 4.17. The summed E-state index contributed by atoms with van der Waals surface area (Å²) < 4.78 is 14.8. The minimum atomic E-state index is 0.412. The summed E-state index contributed by atoms with van der Waals surface area (Å²) in [7, 11) is 0. The van der Waals surface area contributed by atoms with E-state index in [2.05, 4.69) is 33.4 Å². The highest BCUT2D eigenvalue weighted by atomic mass is 35.5. The summed E-state index contributed by atoms with van der Waals surface area (Å²) in [5.41, 5.74) is 2.07. The molecule has 0 amide bonds. The summed E-state index contributed by atoms with van der Waals surface area (Å²) in [4.78, 5) is 5.04. The van der Waals surface area contributed by atoms with Crippen molar-refractivity contribution < 1.29 is 9.47 Å². The molecule has 3 heterocycles. The van der Waals surface area contributed by atoms with Gasteiger partial charge in [-0.1, -0.05) is 17.7 Å². The monoisotopic (exact) mass is 524 g/mol. The molecule has 1 aromatic heterocycles. The lowest BCUT2D eigenvalue weighted by Gasteiger charge is -2.22. The van der Waals surface area contributed by atoms with E-state index in [1.54, 1.807) is 0 Å². The van der Waals surface area contributed by atoms with Crippen LogP contribution in [0.3, 0.4) is 0 Å². The van der Waals surface area contributed by atoms with E-state index in [4.69, 9.17) is 26.1 Å². The predicted octanol–water partition coefficient (Wildman–Crippen LogP) is 6.21. The Morgan fingerprint density at radius 1 is 0.892 bits per heavy atom. The van der Waals surface area contributed by atoms with Crippen LogP contribution in [0.4, 0.5) is 0 Å². The molecule has 1 unspecified atom stereocenters. The average Bonchev–Trinajstić information content (AvgIpc) is 3.30. The van der Waals surface area contributed by atoms with Crippen LogP contribution in [0.1, 0.15) is 57.2 Å². The van der Waals surface area contributed by atoms with Gasteiger partial charge in [-0.2, -0.15) is 0 Å². The number of imidazole rings is 1. The molecule has 2 N–H and O–H groups in total. The second kappa shape index (κ2) is 13.5. The third-order valence-electron chi connectivity index (χ3n) is 7.81. The lowest BCUT2D eigenvalue weighted by molar-refractivity contribution is 0.277. The van der Waals surface area contributed by atoms with Crippen LogP contribution in [0.2, 0.25) is 5.02 Å². The number of rotatable bonds is 12. The van der Waals surface area contributed by atoms with Crippen LogP contribution in [0.25, 0.3) is 11.0 Å². The van der Waals surface area contributed by atoms with E-state index in [-0.39, 0.29) is 0 Å². The molecule has 0 bridgehead atoms. The second-order valence-corrected chi connectivity index (χ2v) is 11.0. The number of fused-ring (bicyclic) bond motifs is 1. The van der Waals surface area contributed by atoms with E-state index in [9.17, 15) is 0 Å². The first-order chi connectivity index (χ1) is 18.3. The molecular formula is C30H41ClN4O2. The maximum atomic E-state index is 6.29. The highest BCUT2D eigenvalue weighted by Crippen LogP contribution is 2.29. The Labute approximate surface area is 226 Å². The molecule has 0 radical (unpaired) electrons. The second-order valence-electron chi connectivity index (χ2n) is 10.6. The van der Waals surface area contributed by atoms with Crippen LogP contribution >= 0.6 is 11.6 Å². The first-order valence-corrected chi connectivity index (χ1v) is 14.5. The number of aromatic nitrogens is 2. The zero-order valence-corrected chi connectivity index (χ0v) is 22.6. The van der Waals surface area contributed by atoms with Gasteiger partial charge in [0, 0.05) is 11.6 Å². The molecule has 2 aliphatic rings. The lowest BCUT2D eigenvalue weighted by atomic mass is 9.95. The molecule has 0 spiro atoms. The molecule has 0 saturated carbocycles. The summed E-state index contributed by atoms with van der Waals surface area (Å²) in [5, 5.41) is 7.77. The lowest BCUT2D eigenvalue weighted by Crippen LogP contribution is -2.29. The van der Waals surface area contributed by atoms with Gasteiger partial charge in [0.05, 0.1) is 12.1 Å².